The van der Waals surface area contributed by atoms with Crippen LogP contribution in [0.5, 0.6) is 0 Å². The van der Waals surface area contributed by atoms with E-state index < -0.39 is 6.10 Å². The van der Waals surface area contributed by atoms with Gasteiger partial charge >= 0.3 is 0 Å². The Bertz CT molecular complexity index is 379. The summed E-state index contributed by atoms with van der Waals surface area (Å²) < 4.78 is 0.913. The molecule has 2 N–H and O–H groups in total. The fourth-order valence-electron chi connectivity index (χ4n) is 1.19. The first kappa shape index (κ1) is 13.2. The quantitative estimate of drug-likeness (QED) is 0.892. The van der Waals surface area contributed by atoms with E-state index in [1.807, 2.05) is 19.9 Å². The zero-order valence-electron chi connectivity index (χ0n) is 9.46. The molecule has 1 unspecified atom stereocenters. The Morgan fingerprint density at radius 3 is 2.81 bits per heavy atom. The third-order valence-electron chi connectivity index (χ3n) is 2.40. The minimum Gasteiger partial charge on any atom is -0.391 e. The van der Waals surface area contributed by atoms with Gasteiger partial charge in [-0.15, -0.1) is 0 Å². The number of hydrogen-bond acceptors (Lipinski definition) is 2. The first-order chi connectivity index (χ1) is 7.54. The van der Waals surface area contributed by atoms with Gasteiger partial charge in [0.15, 0.2) is 0 Å². The SMILES string of the molecule is CCC(O)CNC(=O)c1ccc(C)c(Br)c1. The van der Waals surface area contributed by atoms with E-state index >= 15 is 0 Å². The lowest BCUT2D eigenvalue weighted by Gasteiger charge is -2.10. The van der Waals surface area contributed by atoms with Crippen LogP contribution in [0.2, 0.25) is 0 Å². The Morgan fingerprint density at radius 2 is 2.25 bits per heavy atom. The summed E-state index contributed by atoms with van der Waals surface area (Å²) in [4.78, 5) is 11.7. The summed E-state index contributed by atoms with van der Waals surface area (Å²) >= 11 is 3.38. The normalized spacial score (nSPS) is 12.2. The summed E-state index contributed by atoms with van der Waals surface area (Å²) in [6.45, 7) is 4.13. The van der Waals surface area contributed by atoms with Gasteiger partial charge in [-0.25, -0.2) is 0 Å². The number of amides is 1. The average Bonchev–Trinajstić information content (AvgIpc) is 2.29. The lowest BCUT2D eigenvalue weighted by Crippen LogP contribution is -2.31. The second kappa shape index (κ2) is 6.01. The highest BCUT2D eigenvalue weighted by molar-refractivity contribution is 9.10. The van der Waals surface area contributed by atoms with Gasteiger partial charge in [-0.05, 0) is 31.0 Å². The number of aryl methyl sites for hydroxylation is 1. The third-order valence-corrected chi connectivity index (χ3v) is 3.26. The molecule has 0 aromatic heterocycles. The Morgan fingerprint density at radius 1 is 1.56 bits per heavy atom. The molecule has 3 nitrogen and oxygen atoms in total. The topological polar surface area (TPSA) is 49.3 Å². The van der Waals surface area contributed by atoms with E-state index in [0.29, 0.717) is 18.5 Å². The Balaban J connectivity index is 2.63. The molecule has 1 rings (SSSR count). The molecule has 16 heavy (non-hydrogen) atoms. The number of hydrogen-bond donors (Lipinski definition) is 2. The number of nitrogens with one attached hydrogen (secondary N) is 1. The van der Waals surface area contributed by atoms with Crippen LogP contribution < -0.4 is 5.32 Å². The predicted octanol–water partition coefficient (Wildman–Crippen LogP) is 2.26. The van der Waals surface area contributed by atoms with E-state index in [9.17, 15) is 9.90 Å². The van der Waals surface area contributed by atoms with E-state index in [1.165, 1.54) is 0 Å². The van der Waals surface area contributed by atoms with E-state index in [1.54, 1.807) is 12.1 Å². The molecule has 0 heterocycles. The summed E-state index contributed by atoms with van der Waals surface area (Å²) in [5.74, 6) is -0.159. The molecule has 1 atom stereocenters. The molecule has 1 amide bonds. The van der Waals surface area contributed by atoms with Gasteiger partial charge in [-0.3, -0.25) is 4.79 Å². The largest absolute Gasteiger partial charge is 0.391 e. The van der Waals surface area contributed by atoms with Gasteiger partial charge in [-0.2, -0.15) is 0 Å². The molecule has 0 saturated heterocycles. The van der Waals surface area contributed by atoms with Gasteiger partial charge in [0.05, 0.1) is 6.10 Å². The molecule has 1 aromatic rings. The van der Waals surface area contributed by atoms with Crippen LogP contribution in [0.15, 0.2) is 22.7 Å². The molecule has 0 aliphatic carbocycles. The van der Waals surface area contributed by atoms with Gasteiger partial charge in [0.25, 0.3) is 5.91 Å². The molecule has 0 aliphatic rings. The molecule has 0 fully saturated rings. The minimum atomic E-state index is -0.474. The zero-order valence-corrected chi connectivity index (χ0v) is 11.0. The summed E-state index contributed by atoms with van der Waals surface area (Å²) in [5, 5.41) is 12.0. The van der Waals surface area contributed by atoms with Gasteiger partial charge < -0.3 is 10.4 Å². The van der Waals surface area contributed by atoms with Crippen molar-refractivity contribution in [2.45, 2.75) is 26.4 Å². The molecule has 88 valence electrons. The van der Waals surface area contributed by atoms with Crippen LogP contribution in [0, 0.1) is 6.92 Å². The summed E-state index contributed by atoms with van der Waals surface area (Å²) in [7, 11) is 0. The number of halogens is 1. The van der Waals surface area contributed by atoms with Gasteiger partial charge in [0, 0.05) is 16.6 Å². The smallest absolute Gasteiger partial charge is 0.251 e. The Labute approximate surface area is 104 Å². The molecule has 0 radical (unpaired) electrons. The van der Waals surface area contributed by atoms with Crippen LogP contribution in [0.4, 0.5) is 0 Å². The molecular formula is C12H16BrNO2. The highest BCUT2D eigenvalue weighted by Gasteiger charge is 2.08. The summed E-state index contributed by atoms with van der Waals surface area (Å²) in [5.41, 5.74) is 1.69. The van der Waals surface area contributed by atoms with Crippen LogP contribution >= 0.6 is 15.9 Å². The van der Waals surface area contributed by atoms with Crippen molar-refractivity contribution < 1.29 is 9.90 Å². The number of carbonyl (C=O) groups is 1. The van der Waals surface area contributed by atoms with Crippen molar-refractivity contribution in [2.75, 3.05) is 6.54 Å². The van der Waals surface area contributed by atoms with Crippen molar-refractivity contribution in [3.63, 3.8) is 0 Å². The fourth-order valence-corrected chi connectivity index (χ4v) is 1.57. The summed E-state index contributed by atoms with van der Waals surface area (Å²) in [6, 6.07) is 5.44. The Hall–Kier alpha value is -0.870. The number of aliphatic hydroxyl groups excluding tert-OH is 1. The number of aliphatic hydroxyl groups is 1. The molecule has 1 aromatic carbocycles. The molecule has 0 spiro atoms. The Kier molecular flexibility index (Phi) is 4.96. The van der Waals surface area contributed by atoms with Gasteiger partial charge in [0.2, 0.25) is 0 Å². The van der Waals surface area contributed by atoms with E-state index in [2.05, 4.69) is 21.2 Å². The zero-order chi connectivity index (χ0) is 12.1. The molecule has 0 aliphatic heterocycles. The minimum absolute atomic E-state index is 0.159. The van der Waals surface area contributed by atoms with E-state index in [-0.39, 0.29) is 5.91 Å². The van der Waals surface area contributed by atoms with E-state index in [4.69, 9.17) is 0 Å². The second-order valence-electron chi connectivity index (χ2n) is 3.74. The number of benzene rings is 1. The van der Waals surface area contributed by atoms with Crippen molar-refractivity contribution in [2.24, 2.45) is 0 Å². The highest BCUT2D eigenvalue weighted by atomic mass is 79.9. The van der Waals surface area contributed by atoms with Crippen molar-refractivity contribution in [3.05, 3.63) is 33.8 Å². The molecule has 0 bridgehead atoms. The van der Waals surface area contributed by atoms with Crippen LogP contribution in [0.25, 0.3) is 0 Å². The average molecular weight is 286 g/mol. The fraction of sp³-hybridized carbons (Fsp3) is 0.417. The molecule has 4 heteroatoms. The maximum atomic E-state index is 11.7. The monoisotopic (exact) mass is 285 g/mol. The second-order valence-corrected chi connectivity index (χ2v) is 4.59. The highest BCUT2D eigenvalue weighted by Crippen LogP contribution is 2.17. The first-order valence-electron chi connectivity index (χ1n) is 5.27. The lowest BCUT2D eigenvalue weighted by molar-refractivity contribution is 0.0914. The van der Waals surface area contributed by atoms with Crippen molar-refractivity contribution in [1.82, 2.24) is 5.32 Å². The van der Waals surface area contributed by atoms with Crippen LogP contribution in [-0.4, -0.2) is 23.7 Å². The lowest BCUT2D eigenvalue weighted by atomic mass is 10.1. The first-order valence-corrected chi connectivity index (χ1v) is 6.06. The van der Waals surface area contributed by atoms with Crippen molar-refractivity contribution >= 4 is 21.8 Å². The van der Waals surface area contributed by atoms with Crippen molar-refractivity contribution in [1.29, 1.82) is 0 Å². The number of carbonyl (C=O) groups excluding carboxylic acids is 1. The van der Waals surface area contributed by atoms with Crippen LogP contribution in [0.3, 0.4) is 0 Å². The van der Waals surface area contributed by atoms with Gasteiger partial charge in [-0.1, -0.05) is 28.9 Å². The van der Waals surface area contributed by atoms with E-state index in [0.717, 1.165) is 10.0 Å². The summed E-state index contributed by atoms with van der Waals surface area (Å²) in [6.07, 6.45) is 0.163. The maximum absolute atomic E-state index is 11.7. The standard InChI is InChI=1S/C12H16BrNO2/c1-3-10(15)7-14-12(16)9-5-4-8(2)11(13)6-9/h4-6,10,15H,3,7H2,1-2H3,(H,14,16). The maximum Gasteiger partial charge on any atom is 0.251 e. The third kappa shape index (κ3) is 3.61. The van der Waals surface area contributed by atoms with Crippen LogP contribution in [-0.2, 0) is 0 Å². The van der Waals surface area contributed by atoms with Gasteiger partial charge in [0.1, 0.15) is 0 Å². The molecule has 0 saturated carbocycles. The van der Waals surface area contributed by atoms with Crippen LogP contribution in [0.1, 0.15) is 29.3 Å². The predicted molar refractivity (Wildman–Crippen MR) is 67.5 cm³/mol. The van der Waals surface area contributed by atoms with Crippen molar-refractivity contribution in [3.8, 4) is 0 Å². The molecular weight excluding hydrogens is 270 g/mol. The number of rotatable bonds is 4.